The van der Waals surface area contributed by atoms with E-state index in [4.69, 9.17) is 0 Å². The summed E-state index contributed by atoms with van der Waals surface area (Å²) in [5.74, 6) is 0. The molecular weight excluding hydrogens is 312 g/mol. The smallest absolute Gasteiger partial charge is 0.318 e. The van der Waals surface area contributed by atoms with Crippen LogP contribution < -0.4 is 5.32 Å². The highest BCUT2D eigenvalue weighted by molar-refractivity contribution is 7.09. The van der Waals surface area contributed by atoms with E-state index in [1.165, 1.54) is 0 Å². The van der Waals surface area contributed by atoms with Gasteiger partial charge in [-0.1, -0.05) is 6.92 Å². The van der Waals surface area contributed by atoms with Crippen molar-refractivity contribution in [2.45, 2.75) is 52.3 Å². The summed E-state index contributed by atoms with van der Waals surface area (Å²) in [4.78, 5) is 20.9. The van der Waals surface area contributed by atoms with Gasteiger partial charge in [-0.25, -0.2) is 9.78 Å². The molecule has 1 aliphatic rings. The number of carbonyl (C=O) groups is 1. The summed E-state index contributed by atoms with van der Waals surface area (Å²) < 4.78 is 0. The maximum Gasteiger partial charge on any atom is 0.318 e. The molecule has 1 fully saturated rings. The minimum atomic E-state index is -0.703. The molecule has 2 rings (SSSR count). The van der Waals surface area contributed by atoms with E-state index in [2.05, 4.69) is 22.1 Å². The van der Waals surface area contributed by atoms with Gasteiger partial charge in [0.1, 0.15) is 0 Å². The van der Waals surface area contributed by atoms with E-state index in [0.29, 0.717) is 19.6 Å². The Labute approximate surface area is 142 Å². The van der Waals surface area contributed by atoms with Crippen molar-refractivity contribution >= 4 is 17.4 Å². The quantitative estimate of drug-likeness (QED) is 0.856. The first-order chi connectivity index (χ1) is 10.8. The van der Waals surface area contributed by atoms with Crippen LogP contribution in [0.1, 0.15) is 38.4 Å². The molecule has 0 saturated carbocycles. The summed E-state index contributed by atoms with van der Waals surface area (Å²) in [7, 11) is 0. The number of hydrogen-bond acceptors (Lipinski definition) is 5. The summed E-state index contributed by atoms with van der Waals surface area (Å²) in [5, 5.41) is 16.0. The predicted molar refractivity (Wildman–Crippen MR) is 92.6 cm³/mol. The molecule has 0 spiro atoms. The third kappa shape index (κ3) is 5.44. The zero-order chi connectivity index (χ0) is 17.0. The molecule has 0 unspecified atom stereocenters. The fourth-order valence-electron chi connectivity index (χ4n) is 2.89. The molecule has 130 valence electrons. The van der Waals surface area contributed by atoms with Crippen LogP contribution >= 0.6 is 11.3 Å². The first kappa shape index (κ1) is 18.2. The molecule has 1 saturated heterocycles. The highest BCUT2D eigenvalue weighted by Crippen LogP contribution is 2.14. The number of urea groups is 1. The van der Waals surface area contributed by atoms with Crippen molar-refractivity contribution in [3.63, 3.8) is 0 Å². The van der Waals surface area contributed by atoms with Crippen LogP contribution in [-0.2, 0) is 13.0 Å². The summed E-state index contributed by atoms with van der Waals surface area (Å²) in [6.07, 6.45) is 0.929. The highest BCUT2D eigenvalue weighted by atomic mass is 32.1. The van der Waals surface area contributed by atoms with Crippen LogP contribution in [-0.4, -0.2) is 63.7 Å². The lowest BCUT2D eigenvalue weighted by Crippen LogP contribution is -2.58. The Bertz CT molecular complexity index is 526. The molecule has 2 N–H and O–H groups in total. The van der Waals surface area contributed by atoms with Gasteiger partial charge in [0.2, 0.25) is 0 Å². The van der Waals surface area contributed by atoms with Gasteiger partial charge in [-0.2, -0.15) is 0 Å². The molecule has 6 nitrogen and oxygen atoms in total. The summed E-state index contributed by atoms with van der Waals surface area (Å²) in [6.45, 7) is 11.1. The SMILES string of the molecule is CCc1nc(CNC(=O)N2CCN(CC(C)(C)O)C[C@H]2C)cs1. The van der Waals surface area contributed by atoms with Gasteiger partial charge in [0, 0.05) is 37.6 Å². The van der Waals surface area contributed by atoms with E-state index in [0.717, 1.165) is 30.2 Å². The zero-order valence-corrected chi connectivity index (χ0v) is 15.3. The Hall–Kier alpha value is -1.18. The van der Waals surface area contributed by atoms with Crippen LogP contribution in [0.4, 0.5) is 4.79 Å². The lowest BCUT2D eigenvalue weighted by Gasteiger charge is -2.41. The van der Waals surface area contributed by atoms with Crippen LogP contribution in [0, 0.1) is 0 Å². The largest absolute Gasteiger partial charge is 0.389 e. The Morgan fingerprint density at radius 2 is 2.26 bits per heavy atom. The molecule has 0 aromatic carbocycles. The number of aryl methyl sites for hydroxylation is 1. The monoisotopic (exact) mass is 340 g/mol. The first-order valence-electron chi connectivity index (χ1n) is 8.21. The molecular formula is C16H28N4O2S. The Morgan fingerprint density at radius 3 is 2.83 bits per heavy atom. The fourth-order valence-corrected chi connectivity index (χ4v) is 3.63. The van der Waals surface area contributed by atoms with E-state index in [1.807, 2.05) is 31.1 Å². The Kier molecular flexibility index (Phi) is 6.00. The number of hydrogen-bond donors (Lipinski definition) is 2. The van der Waals surface area contributed by atoms with E-state index in [-0.39, 0.29) is 12.1 Å². The number of thiazole rings is 1. The van der Waals surface area contributed by atoms with Crippen molar-refractivity contribution in [3.05, 3.63) is 16.1 Å². The second kappa shape index (κ2) is 7.59. The molecule has 2 heterocycles. The number of nitrogens with one attached hydrogen (secondary N) is 1. The molecule has 23 heavy (non-hydrogen) atoms. The Balaban J connectivity index is 1.81. The number of amides is 2. The number of piperazine rings is 1. The lowest BCUT2D eigenvalue weighted by atomic mass is 10.1. The normalized spacial score (nSPS) is 19.9. The van der Waals surface area contributed by atoms with Gasteiger partial charge in [-0.15, -0.1) is 11.3 Å². The molecule has 1 aromatic heterocycles. The molecule has 0 bridgehead atoms. The molecule has 0 radical (unpaired) electrons. The van der Waals surface area contributed by atoms with Gasteiger partial charge in [0.25, 0.3) is 0 Å². The molecule has 0 aliphatic carbocycles. The molecule has 1 aliphatic heterocycles. The molecule has 2 amide bonds. The standard InChI is InChI=1S/C16H28N4O2S/c1-5-14-18-13(10-23-14)8-17-15(21)20-7-6-19(9-12(20)2)11-16(3,4)22/h10,12,22H,5-9,11H2,1-4H3,(H,17,21)/t12-/m1/s1. The van der Waals surface area contributed by atoms with Crippen LogP contribution in [0.2, 0.25) is 0 Å². The van der Waals surface area contributed by atoms with Gasteiger partial charge in [0.15, 0.2) is 0 Å². The van der Waals surface area contributed by atoms with E-state index in [1.54, 1.807) is 11.3 Å². The first-order valence-corrected chi connectivity index (χ1v) is 9.09. The molecule has 7 heteroatoms. The molecule has 1 atom stereocenters. The van der Waals surface area contributed by atoms with Gasteiger partial charge in [0.05, 0.1) is 22.8 Å². The van der Waals surface area contributed by atoms with Gasteiger partial charge in [-0.3, -0.25) is 4.90 Å². The number of aliphatic hydroxyl groups is 1. The van der Waals surface area contributed by atoms with Crippen LogP contribution in [0.25, 0.3) is 0 Å². The minimum absolute atomic E-state index is 0.0357. The number of rotatable bonds is 5. The third-order valence-electron chi connectivity index (χ3n) is 3.91. The lowest BCUT2D eigenvalue weighted by molar-refractivity contribution is 0.0119. The maximum atomic E-state index is 12.4. The Morgan fingerprint density at radius 1 is 1.52 bits per heavy atom. The summed E-state index contributed by atoms with van der Waals surface area (Å²) in [5.41, 5.74) is 0.222. The van der Waals surface area contributed by atoms with Crippen molar-refractivity contribution in [1.82, 2.24) is 20.1 Å². The van der Waals surface area contributed by atoms with Crippen molar-refractivity contribution in [2.24, 2.45) is 0 Å². The summed E-state index contributed by atoms with van der Waals surface area (Å²) >= 11 is 1.64. The predicted octanol–water partition coefficient (Wildman–Crippen LogP) is 1.69. The average Bonchev–Trinajstić information content (AvgIpc) is 2.91. The number of nitrogens with zero attached hydrogens (tertiary/aromatic N) is 3. The van der Waals surface area contributed by atoms with Crippen LogP contribution in [0.3, 0.4) is 0 Å². The topological polar surface area (TPSA) is 68.7 Å². The average molecular weight is 340 g/mol. The van der Waals surface area contributed by atoms with Crippen LogP contribution in [0.5, 0.6) is 0 Å². The van der Waals surface area contributed by atoms with Crippen molar-refractivity contribution in [3.8, 4) is 0 Å². The maximum absolute atomic E-state index is 12.4. The van der Waals surface area contributed by atoms with E-state index < -0.39 is 5.60 Å². The number of carbonyl (C=O) groups excluding carboxylic acids is 1. The second-order valence-corrected chi connectivity index (χ2v) is 7.78. The van der Waals surface area contributed by atoms with Gasteiger partial charge in [-0.05, 0) is 27.2 Å². The van der Waals surface area contributed by atoms with Crippen molar-refractivity contribution in [1.29, 1.82) is 0 Å². The van der Waals surface area contributed by atoms with Crippen molar-refractivity contribution in [2.75, 3.05) is 26.2 Å². The zero-order valence-electron chi connectivity index (χ0n) is 14.5. The van der Waals surface area contributed by atoms with Crippen LogP contribution in [0.15, 0.2) is 5.38 Å². The molecule has 1 aromatic rings. The number of β-amino-alcohol motifs (C(OH)–C–C–N with tert-alkyl or cyclic N) is 1. The van der Waals surface area contributed by atoms with E-state index >= 15 is 0 Å². The number of aromatic nitrogens is 1. The van der Waals surface area contributed by atoms with E-state index in [9.17, 15) is 9.90 Å². The van der Waals surface area contributed by atoms with Crippen molar-refractivity contribution < 1.29 is 9.90 Å². The van der Waals surface area contributed by atoms with Gasteiger partial charge < -0.3 is 15.3 Å². The third-order valence-corrected chi connectivity index (χ3v) is 4.95. The summed E-state index contributed by atoms with van der Waals surface area (Å²) in [6, 6.07) is 0.0965. The highest BCUT2D eigenvalue weighted by Gasteiger charge is 2.29. The second-order valence-electron chi connectivity index (χ2n) is 6.83. The fraction of sp³-hybridized carbons (Fsp3) is 0.750. The van der Waals surface area contributed by atoms with Gasteiger partial charge >= 0.3 is 6.03 Å². The minimum Gasteiger partial charge on any atom is -0.389 e.